The Labute approximate surface area is 116 Å². The highest BCUT2D eigenvalue weighted by atomic mass is 32.1. The van der Waals surface area contributed by atoms with Crippen LogP contribution in [0.25, 0.3) is 0 Å². The van der Waals surface area contributed by atoms with Gasteiger partial charge in [0, 0.05) is 37.3 Å². The first-order valence-electron chi connectivity index (χ1n) is 6.25. The summed E-state index contributed by atoms with van der Waals surface area (Å²) in [5.41, 5.74) is 1.36. The minimum atomic E-state index is 0.898. The molecule has 0 amide bonds. The Hall–Kier alpha value is -0.910. The number of rotatable bonds is 7. The zero-order valence-corrected chi connectivity index (χ0v) is 12.5. The van der Waals surface area contributed by atoms with E-state index in [1.165, 1.54) is 10.4 Å². The van der Waals surface area contributed by atoms with Crippen LogP contribution in [0.4, 0.5) is 5.13 Å². The molecule has 0 aromatic carbocycles. The van der Waals surface area contributed by atoms with Gasteiger partial charge in [0.1, 0.15) is 0 Å². The normalized spacial score (nSPS) is 10.8. The van der Waals surface area contributed by atoms with Crippen LogP contribution in [0, 0.1) is 0 Å². The van der Waals surface area contributed by atoms with E-state index in [9.17, 15) is 0 Å². The number of hydrogen-bond acceptors (Lipinski definition) is 5. The van der Waals surface area contributed by atoms with Crippen LogP contribution in [0.1, 0.15) is 24.3 Å². The van der Waals surface area contributed by atoms with Crippen molar-refractivity contribution in [1.29, 1.82) is 0 Å². The lowest BCUT2D eigenvalue weighted by Gasteiger charge is -2.16. The molecule has 0 bridgehead atoms. The largest absolute Gasteiger partial charge is 0.349 e. The number of nitrogens with zero attached hydrogens (tertiary/aromatic N) is 2. The van der Waals surface area contributed by atoms with Crippen molar-refractivity contribution in [1.82, 2.24) is 10.3 Å². The lowest BCUT2D eigenvalue weighted by Crippen LogP contribution is -2.21. The Bertz CT molecular complexity index is 447. The number of nitrogens with one attached hydrogen (secondary N) is 1. The molecule has 0 spiro atoms. The second-order valence-electron chi connectivity index (χ2n) is 4.02. The Kier molecular flexibility index (Phi) is 5.16. The van der Waals surface area contributed by atoms with Gasteiger partial charge in [0.05, 0.1) is 0 Å². The summed E-state index contributed by atoms with van der Waals surface area (Å²) in [4.78, 5) is 8.06. The predicted molar refractivity (Wildman–Crippen MR) is 80.5 cm³/mol. The summed E-state index contributed by atoms with van der Waals surface area (Å²) < 4.78 is 0. The Morgan fingerprint density at radius 2 is 2.11 bits per heavy atom. The maximum Gasteiger partial charge on any atom is 0.185 e. The molecule has 1 N–H and O–H groups in total. The van der Waals surface area contributed by atoms with E-state index in [4.69, 9.17) is 0 Å². The third kappa shape index (κ3) is 3.54. The summed E-state index contributed by atoms with van der Waals surface area (Å²) in [6, 6.07) is 2.16. The van der Waals surface area contributed by atoms with Gasteiger partial charge in [0.25, 0.3) is 0 Å². The fourth-order valence-electron chi connectivity index (χ4n) is 1.74. The number of thiazole rings is 1. The van der Waals surface area contributed by atoms with Crippen LogP contribution in [0.15, 0.2) is 23.0 Å². The quantitative estimate of drug-likeness (QED) is 0.843. The molecule has 0 radical (unpaired) electrons. The maximum absolute atomic E-state index is 4.48. The van der Waals surface area contributed by atoms with Gasteiger partial charge in [-0.1, -0.05) is 0 Å². The van der Waals surface area contributed by atoms with Gasteiger partial charge in [0.15, 0.2) is 5.13 Å². The van der Waals surface area contributed by atoms with Gasteiger partial charge < -0.3 is 10.2 Å². The monoisotopic (exact) mass is 281 g/mol. The van der Waals surface area contributed by atoms with Crippen LogP contribution < -0.4 is 10.2 Å². The molecule has 2 rings (SSSR count). The van der Waals surface area contributed by atoms with Crippen molar-refractivity contribution in [2.45, 2.75) is 26.9 Å². The Balaban J connectivity index is 1.83. The lowest BCUT2D eigenvalue weighted by molar-refractivity contribution is 0.701. The summed E-state index contributed by atoms with van der Waals surface area (Å²) >= 11 is 3.53. The van der Waals surface area contributed by atoms with Crippen molar-refractivity contribution < 1.29 is 0 Å². The molecule has 0 aliphatic rings. The Morgan fingerprint density at radius 3 is 2.78 bits per heavy atom. The van der Waals surface area contributed by atoms with Gasteiger partial charge in [-0.2, -0.15) is 11.3 Å². The van der Waals surface area contributed by atoms with Gasteiger partial charge in [-0.3, -0.25) is 0 Å². The van der Waals surface area contributed by atoms with E-state index >= 15 is 0 Å². The molecular weight excluding hydrogens is 262 g/mol. The van der Waals surface area contributed by atoms with Crippen molar-refractivity contribution in [2.24, 2.45) is 0 Å². The van der Waals surface area contributed by atoms with Crippen molar-refractivity contribution in [3.8, 4) is 0 Å². The molecule has 2 aromatic heterocycles. The van der Waals surface area contributed by atoms with E-state index in [-0.39, 0.29) is 0 Å². The second kappa shape index (κ2) is 6.87. The molecule has 98 valence electrons. The molecule has 0 saturated heterocycles. The van der Waals surface area contributed by atoms with Crippen molar-refractivity contribution in [2.75, 3.05) is 18.0 Å². The standard InChI is InChI=1S/C13H19N3S2/c1-3-16(4-2)13-15-9-12(18-13)8-14-7-11-5-6-17-10-11/h5-6,9-10,14H,3-4,7-8H2,1-2H3. The highest BCUT2D eigenvalue weighted by Gasteiger charge is 2.07. The number of thiophene rings is 1. The zero-order valence-electron chi connectivity index (χ0n) is 10.8. The molecule has 0 aliphatic heterocycles. The highest BCUT2D eigenvalue weighted by molar-refractivity contribution is 7.15. The first-order valence-corrected chi connectivity index (χ1v) is 8.00. The summed E-state index contributed by atoms with van der Waals surface area (Å²) in [5.74, 6) is 0. The third-order valence-corrected chi connectivity index (χ3v) is 4.57. The van der Waals surface area contributed by atoms with Crippen molar-refractivity contribution >= 4 is 27.8 Å². The maximum atomic E-state index is 4.48. The van der Waals surface area contributed by atoms with Crippen LogP contribution in [-0.2, 0) is 13.1 Å². The van der Waals surface area contributed by atoms with Crippen LogP contribution >= 0.6 is 22.7 Å². The van der Waals surface area contributed by atoms with E-state index in [0.717, 1.165) is 31.3 Å². The first-order chi connectivity index (χ1) is 8.83. The molecule has 2 heterocycles. The number of hydrogen-bond donors (Lipinski definition) is 1. The molecule has 3 nitrogen and oxygen atoms in total. The molecule has 0 atom stereocenters. The first kappa shape index (κ1) is 13.5. The van der Waals surface area contributed by atoms with E-state index < -0.39 is 0 Å². The van der Waals surface area contributed by atoms with Crippen molar-refractivity contribution in [3.63, 3.8) is 0 Å². The number of anilines is 1. The smallest absolute Gasteiger partial charge is 0.185 e. The second-order valence-corrected chi connectivity index (χ2v) is 5.89. The van der Waals surface area contributed by atoms with Crippen LogP contribution in [0.2, 0.25) is 0 Å². The van der Waals surface area contributed by atoms with Gasteiger partial charge in [-0.25, -0.2) is 4.98 Å². The summed E-state index contributed by atoms with van der Waals surface area (Å²) in [6.45, 7) is 8.20. The molecule has 18 heavy (non-hydrogen) atoms. The van der Waals surface area contributed by atoms with Gasteiger partial charge in [-0.05, 0) is 36.2 Å². The van der Waals surface area contributed by atoms with Crippen LogP contribution in [-0.4, -0.2) is 18.1 Å². The molecule has 0 fully saturated rings. The van der Waals surface area contributed by atoms with E-state index in [1.54, 1.807) is 22.7 Å². The fourth-order valence-corrected chi connectivity index (χ4v) is 3.42. The molecular formula is C13H19N3S2. The van der Waals surface area contributed by atoms with E-state index in [2.05, 4.69) is 45.9 Å². The summed E-state index contributed by atoms with van der Waals surface area (Å²) in [7, 11) is 0. The van der Waals surface area contributed by atoms with Crippen molar-refractivity contribution in [3.05, 3.63) is 33.5 Å². The predicted octanol–water partition coefficient (Wildman–Crippen LogP) is 3.34. The fraction of sp³-hybridized carbons (Fsp3) is 0.462. The lowest BCUT2D eigenvalue weighted by atomic mass is 10.3. The highest BCUT2D eigenvalue weighted by Crippen LogP contribution is 2.22. The molecule has 0 unspecified atom stereocenters. The SMILES string of the molecule is CCN(CC)c1ncc(CNCc2ccsc2)s1. The van der Waals surface area contributed by atoms with Crippen LogP contribution in [0.5, 0.6) is 0 Å². The van der Waals surface area contributed by atoms with Crippen LogP contribution in [0.3, 0.4) is 0 Å². The van der Waals surface area contributed by atoms with Gasteiger partial charge in [0.2, 0.25) is 0 Å². The average Bonchev–Trinajstić information content (AvgIpc) is 3.03. The number of aromatic nitrogens is 1. The molecule has 2 aromatic rings. The molecule has 5 heteroatoms. The van der Waals surface area contributed by atoms with Gasteiger partial charge in [-0.15, -0.1) is 11.3 Å². The minimum Gasteiger partial charge on any atom is -0.349 e. The molecule has 0 saturated carbocycles. The Morgan fingerprint density at radius 1 is 1.28 bits per heavy atom. The van der Waals surface area contributed by atoms with E-state index in [1.807, 2.05) is 6.20 Å². The van der Waals surface area contributed by atoms with Gasteiger partial charge >= 0.3 is 0 Å². The summed E-state index contributed by atoms with van der Waals surface area (Å²) in [6.07, 6.45) is 1.99. The summed E-state index contributed by atoms with van der Waals surface area (Å²) in [5, 5.41) is 8.88. The topological polar surface area (TPSA) is 28.2 Å². The minimum absolute atomic E-state index is 0.898. The zero-order chi connectivity index (χ0) is 12.8. The average molecular weight is 281 g/mol. The molecule has 0 aliphatic carbocycles. The van der Waals surface area contributed by atoms with E-state index in [0.29, 0.717) is 0 Å². The third-order valence-electron chi connectivity index (χ3n) is 2.78.